The summed E-state index contributed by atoms with van der Waals surface area (Å²) < 4.78 is 32.9. The summed E-state index contributed by atoms with van der Waals surface area (Å²) in [4.78, 5) is 12.8. The van der Waals surface area contributed by atoms with Crippen molar-refractivity contribution >= 4 is 16.1 Å². The van der Waals surface area contributed by atoms with Crippen LogP contribution >= 0.6 is 0 Å². The molecule has 1 atom stereocenters. The highest BCUT2D eigenvalue weighted by Crippen LogP contribution is 2.16. The Kier molecular flexibility index (Phi) is 7.81. The van der Waals surface area contributed by atoms with Gasteiger partial charge in [-0.05, 0) is 35.2 Å². The number of hydrogen-bond acceptors (Lipinski definition) is 6. The minimum Gasteiger partial charge on any atom is -0.460 e. The molecule has 0 radical (unpaired) electrons. The molecule has 0 aliphatic rings. The Hall–Kier alpha value is -3.16. The summed E-state index contributed by atoms with van der Waals surface area (Å²) >= 11 is 0. The summed E-state index contributed by atoms with van der Waals surface area (Å²) in [6.45, 7) is 0.714. The van der Waals surface area contributed by atoms with Crippen LogP contribution in [0.3, 0.4) is 0 Å². The van der Waals surface area contributed by atoms with Gasteiger partial charge in [0.2, 0.25) is 0 Å². The summed E-state index contributed by atoms with van der Waals surface area (Å²) in [7, 11) is -3.59. The number of esters is 1. The summed E-state index contributed by atoms with van der Waals surface area (Å²) in [5.41, 5.74) is 2.82. The number of carbonyl (C=O) groups is 1. The average Bonchev–Trinajstić information content (AvgIpc) is 2.76. The van der Waals surface area contributed by atoms with Crippen molar-refractivity contribution in [2.24, 2.45) is 0 Å². The standard InChI is InChI=1S/C24H25NO5S/c1-31(27,28)30-22-14-12-19(13-15-22)16-23(25-17-20-8-4-2-5-9-20)24(26)29-18-21-10-6-3-7-11-21/h2-15,23,25H,16-18H2,1H3. The maximum atomic E-state index is 12.8. The third kappa shape index (κ3) is 7.88. The molecule has 162 valence electrons. The summed E-state index contributed by atoms with van der Waals surface area (Å²) in [5, 5.41) is 3.27. The third-order valence-electron chi connectivity index (χ3n) is 4.51. The van der Waals surface area contributed by atoms with E-state index in [1.807, 2.05) is 60.7 Å². The van der Waals surface area contributed by atoms with Crippen LogP contribution in [0.15, 0.2) is 84.9 Å². The number of carbonyl (C=O) groups excluding carboxylic acids is 1. The van der Waals surface area contributed by atoms with Crippen LogP contribution in [0.4, 0.5) is 0 Å². The van der Waals surface area contributed by atoms with Crippen molar-refractivity contribution in [3.63, 3.8) is 0 Å². The molecule has 7 heteroatoms. The van der Waals surface area contributed by atoms with Crippen LogP contribution in [0.1, 0.15) is 16.7 Å². The van der Waals surface area contributed by atoms with Gasteiger partial charge in [-0.1, -0.05) is 72.8 Å². The molecule has 0 saturated heterocycles. The first kappa shape index (κ1) is 22.5. The van der Waals surface area contributed by atoms with Gasteiger partial charge in [0.05, 0.1) is 6.26 Å². The highest BCUT2D eigenvalue weighted by atomic mass is 32.2. The summed E-state index contributed by atoms with van der Waals surface area (Å²) in [5.74, 6) is -0.122. The van der Waals surface area contributed by atoms with E-state index in [1.54, 1.807) is 24.3 Å². The van der Waals surface area contributed by atoms with Crippen LogP contribution in [0.2, 0.25) is 0 Å². The lowest BCUT2D eigenvalue weighted by atomic mass is 10.1. The van der Waals surface area contributed by atoms with Gasteiger partial charge in [0.1, 0.15) is 18.4 Å². The molecule has 3 rings (SSSR count). The number of benzene rings is 3. The van der Waals surface area contributed by atoms with Gasteiger partial charge in [0.25, 0.3) is 0 Å². The van der Waals surface area contributed by atoms with Gasteiger partial charge in [-0.2, -0.15) is 8.42 Å². The summed E-state index contributed by atoms with van der Waals surface area (Å²) in [6.07, 6.45) is 1.38. The molecule has 0 aromatic heterocycles. The molecule has 0 saturated carbocycles. The largest absolute Gasteiger partial charge is 0.460 e. The average molecular weight is 440 g/mol. The second-order valence-electron chi connectivity index (χ2n) is 7.15. The number of nitrogens with one attached hydrogen (secondary N) is 1. The van der Waals surface area contributed by atoms with Crippen LogP contribution in [-0.4, -0.2) is 26.7 Å². The molecule has 0 spiro atoms. The predicted molar refractivity (Wildman–Crippen MR) is 119 cm³/mol. The Morgan fingerprint density at radius 3 is 2.00 bits per heavy atom. The first-order valence-electron chi connectivity index (χ1n) is 9.85. The van der Waals surface area contributed by atoms with Crippen molar-refractivity contribution in [2.75, 3.05) is 6.26 Å². The molecule has 6 nitrogen and oxygen atoms in total. The van der Waals surface area contributed by atoms with E-state index in [1.165, 1.54) is 0 Å². The van der Waals surface area contributed by atoms with Gasteiger partial charge in [0, 0.05) is 6.54 Å². The minimum absolute atomic E-state index is 0.199. The number of ether oxygens (including phenoxy) is 1. The van der Waals surface area contributed by atoms with E-state index in [9.17, 15) is 13.2 Å². The fourth-order valence-corrected chi connectivity index (χ4v) is 3.46. The van der Waals surface area contributed by atoms with E-state index in [0.717, 1.165) is 22.9 Å². The molecule has 0 aliphatic carbocycles. The van der Waals surface area contributed by atoms with Crippen LogP contribution < -0.4 is 9.50 Å². The molecular weight excluding hydrogens is 414 g/mol. The Balaban J connectivity index is 1.67. The van der Waals surface area contributed by atoms with Gasteiger partial charge in [-0.15, -0.1) is 0 Å². The second kappa shape index (κ2) is 10.7. The maximum Gasteiger partial charge on any atom is 0.323 e. The van der Waals surface area contributed by atoms with E-state index in [0.29, 0.717) is 13.0 Å². The van der Waals surface area contributed by atoms with Crippen molar-refractivity contribution in [1.82, 2.24) is 5.32 Å². The van der Waals surface area contributed by atoms with Crippen molar-refractivity contribution in [3.05, 3.63) is 102 Å². The topological polar surface area (TPSA) is 81.7 Å². The smallest absolute Gasteiger partial charge is 0.323 e. The zero-order valence-corrected chi connectivity index (χ0v) is 18.0. The zero-order valence-electron chi connectivity index (χ0n) is 17.2. The van der Waals surface area contributed by atoms with Crippen LogP contribution in [0, 0.1) is 0 Å². The first-order chi connectivity index (χ1) is 14.9. The third-order valence-corrected chi connectivity index (χ3v) is 5.01. The molecule has 3 aromatic carbocycles. The van der Waals surface area contributed by atoms with Crippen molar-refractivity contribution < 1.29 is 22.1 Å². The van der Waals surface area contributed by atoms with Gasteiger partial charge in [0.15, 0.2) is 0 Å². The fourth-order valence-electron chi connectivity index (χ4n) is 3.00. The normalized spacial score (nSPS) is 12.2. The SMILES string of the molecule is CS(=O)(=O)Oc1ccc(CC(NCc2ccccc2)C(=O)OCc2ccccc2)cc1. The second-order valence-corrected chi connectivity index (χ2v) is 8.72. The van der Waals surface area contributed by atoms with Crippen molar-refractivity contribution in [2.45, 2.75) is 25.6 Å². The lowest BCUT2D eigenvalue weighted by Crippen LogP contribution is -2.39. The van der Waals surface area contributed by atoms with Gasteiger partial charge in [-0.25, -0.2) is 0 Å². The predicted octanol–water partition coefficient (Wildman–Crippen LogP) is 3.47. The molecule has 1 N–H and O–H groups in total. The number of rotatable bonds is 10. The van der Waals surface area contributed by atoms with Gasteiger partial charge < -0.3 is 14.2 Å². The lowest BCUT2D eigenvalue weighted by molar-refractivity contribution is -0.147. The minimum atomic E-state index is -3.59. The van der Waals surface area contributed by atoms with E-state index in [4.69, 9.17) is 8.92 Å². The Morgan fingerprint density at radius 1 is 0.839 bits per heavy atom. The molecule has 0 heterocycles. The van der Waals surface area contributed by atoms with E-state index in [2.05, 4.69) is 5.32 Å². The van der Waals surface area contributed by atoms with Crippen molar-refractivity contribution in [3.8, 4) is 5.75 Å². The lowest BCUT2D eigenvalue weighted by Gasteiger charge is -2.18. The molecule has 0 aliphatic heterocycles. The molecule has 3 aromatic rings. The molecule has 0 amide bonds. The van der Waals surface area contributed by atoms with Crippen molar-refractivity contribution in [1.29, 1.82) is 0 Å². The van der Waals surface area contributed by atoms with E-state index >= 15 is 0 Å². The van der Waals surface area contributed by atoms with Crippen LogP contribution in [-0.2, 0) is 39.2 Å². The van der Waals surface area contributed by atoms with E-state index < -0.39 is 16.2 Å². The zero-order chi connectivity index (χ0) is 22.1. The molecule has 0 fully saturated rings. The first-order valence-corrected chi connectivity index (χ1v) is 11.7. The molecule has 0 bridgehead atoms. The molecule has 1 unspecified atom stereocenters. The quantitative estimate of drug-likeness (QED) is 0.385. The highest BCUT2D eigenvalue weighted by molar-refractivity contribution is 7.86. The number of hydrogen-bond donors (Lipinski definition) is 1. The van der Waals surface area contributed by atoms with E-state index in [-0.39, 0.29) is 18.3 Å². The van der Waals surface area contributed by atoms with Crippen LogP contribution in [0.5, 0.6) is 5.75 Å². The van der Waals surface area contributed by atoms with Gasteiger partial charge >= 0.3 is 16.1 Å². The Labute approximate surface area is 183 Å². The molecule has 31 heavy (non-hydrogen) atoms. The maximum absolute atomic E-state index is 12.8. The van der Waals surface area contributed by atoms with Gasteiger partial charge in [-0.3, -0.25) is 4.79 Å². The highest BCUT2D eigenvalue weighted by Gasteiger charge is 2.20. The Morgan fingerprint density at radius 2 is 1.42 bits per heavy atom. The fraction of sp³-hybridized carbons (Fsp3) is 0.208. The monoisotopic (exact) mass is 439 g/mol. The molecular formula is C24H25NO5S. The summed E-state index contributed by atoms with van der Waals surface area (Å²) in [6, 6.07) is 25.4. The Bertz CT molecular complexity index is 1070. The van der Waals surface area contributed by atoms with Crippen LogP contribution in [0.25, 0.3) is 0 Å².